The molecule has 1 aliphatic heterocycles. The molecule has 2 amide bonds. The molecule has 0 spiro atoms. The summed E-state index contributed by atoms with van der Waals surface area (Å²) < 4.78 is 0. The fourth-order valence-corrected chi connectivity index (χ4v) is 2.54. The van der Waals surface area contributed by atoms with Crippen LogP contribution in [-0.4, -0.2) is 24.4 Å². The number of hydrogen-bond donors (Lipinski definition) is 1. The second-order valence-electron chi connectivity index (χ2n) is 5.29. The lowest BCUT2D eigenvalue weighted by molar-refractivity contribution is -0.132. The number of nitrogens with zero attached hydrogens (tertiary/aromatic N) is 1. The second-order valence-corrected chi connectivity index (χ2v) is 5.72. The summed E-state index contributed by atoms with van der Waals surface area (Å²) in [5, 5.41) is 3.35. The molecular formula is C15H19ClN2O2. The first-order chi connectivity index (χ1) is 9.43. The molecule has 0 bridgehead atoms. The maximum atomic E-state index is 12.6. The molecule has 0 saturated carbocycles. The third kappa shape index (κ3) is 2.80. The summed E-state index contributed by atoms with van der Waals surface area (Å²) in [7, 11) is 0. The number of aryl methyl sites for hydroxylation is 1. The molecule has 1 aromatic carbocycles. The van der Waals surface area contributed by atoms with Gasteiger partial charge >= 0.3 is 0 Å². The van der Waals surface area contributed by atoms with E-state index in [1.54, 1.807) is 12.1 Å². The van der Waals surface area contributed by atoms with Crippen LogP contribution < -0.4 is 10.2 Å². The fraction of sp³-hybridized carbons (Fsp3) is 0.467. The van der Waals surface area contributed by atoms with E-state index in [9.17, 15) is 9.59 Å². The van der Waals surface area contributed by atoms with E-state index >= 15 is 0 Å². The number of rotatable bonds is 3. The lowest BCUT2D eigenvalue weighted by atomic mass is 9.95. The first kappa shape index (κ1) is 14.9. The summed E-state index contributed by atoms with van der Waals surface area (Å²) in [6, 6.07) is 4.91. The predicted octanol–water partition coefficient (Wildman–Crippen LogP) is 2.53. The van der Waals surface area contributed by atoms with Gasteiger partial charge in [0.05, 0.1) is 0 Å². The van der Waals surface area contributed by atoms with Crippen LogP contribution in [0.2, 0.25) is 5.02 Å². The van der Waals surface area contributed by atoms with Gasteiger partial charge in [0.1, 0.15) is 12.6 Å². The first-order valence-electron chi connectivity index (χ1n) is 6.81. The standard InChI is InChI=1S/C15H19ClN2O2/c1-4-9(2)14-15(20)18(8-13(19)17-14)12-7-11(16)6-5-10(12)3/h5-7,9,14H,4,8H2,1-3H3,(H,17,19). The van der Waals surface area contributed by atoms with Crippen molar-refractivity contribution in [2.45, 2.75) is 33.2 Å². The minimum absolute atomic E-state index is 0.0486. The highest BCUT2D eigenvalue weighted by molar-refractivity contribution is 6.31. The summed E-state index contributed by atoms with van der Waals surface area (Å²) in [5.41, 5.74) is 1.64. The maximum Gasteiger partial charge on any atom is 0.250 e. The lowest BCUT2D eigenvalue weighted by Crippen LogP contribution is -2.60. The number of hydrogen-bond acceptors (Lipinski definition) is 2. The van der Waals surface area contributed by atoms with Gasteiger partial charge in [-0.1, -0.05) is 37.9 Å². The van der Waals surface area contributed by atoms with Crippen molar-refractivity contribution in [1.29, 1.82) is 0 Å². The van der Waals surface area contributed by atoms with Gasteiger partial charge in [0, 0.05) is 10.7 Å². The minimum Gasteiger partial charge on any atom is -0.342 e. The normalized spacial score (nSPS) is 20.8. The Labute approximate surface area is 124 Å². The Hall–Kier alpha value is -1.55. The molecule has 2 unspecified atom stereocenters. The fourth-order valence-electron chi connectivity index (χ4n) is 2.37. The first-order valence-corrected chi connectivity index (χ1v) is 7.18. The van der Waals surface area contributed by atoms with E-state index in [2.05, 4.69) is 5.32 Å². The van der Waals surface area contributed by atoms with Crippen LogP contribution >= 0.6 is 11.6 Å². The van der Waals surface area contributed by atoms with Gasteiger partial charge < -0.3 is 10.2 Å². The molecule has 2 atom stereocenters. The number of piperazine rings is 1. The Balaban J connectivity index is 2.37. The summed E-state index contributed by atoms with van der Waals surface area (Å²) in [6.45, 7) is 5.93. The number of amides is 2. The molecule has 108 valence electrons. The monoisotopic (exact) mass is 294 g/mol. The quantitative estimate of drug-likeness (QED) is 0.931. The zero-order valence-electron chi connectivity index (χ0n) is 11.9. The molecule has 2 rings (SSSR count). The van der Waals surface area contributed by atoms with Gasteiger partial charge in [0.15, 0.2) is 0 Å². The highest BCUT2D eigenvalue weighted by Gasteiger charge is 2.36. The average molecular weight is 295 g/mol. The van der Waals surface area contributed by atoms with Crippen molar-refractivity contribution in [3.63, 3.8) is 0 Å². The molecule has 0 aliphatic carbocycles. The Morgan fingerprint density at radius 3 is 2.80 bits per heavy atom. The van der Waals surface area contributed by atoms with Crippen molar-refractivity contribution >= 4 is 29.1 Å². The highest BCUT2D eigenvalue weighted by atomic mass is 35.5. The summed E-state index contributed by atoms with van der Waals surface area (Å²) in [6.07, 6.45) is 0.832. The zero-order chi connectivity index (χ0) is 14.9. The van der Waals surface area contributed by atoms with Crippen LogP contribution in [-0.2, 0) is 9.59 Å². The van der Waals surface area contributed by atoms with Crippen molar-refractivity contribution in [3.8, 4) is 0 Å². The van der Waals surface area contributed by atoms with Gasteiger partial charge in [0.2, 0.25) is 11.8 Å². The molecule has 1 N–H and O–H groups in total. The largest absolute Gasteiger partial charge is 0.342 e. The van der Waals surface area contributed by atoms with Crippen LogP contribution in [0.4, 0.5) is 5.69 Å². The van der Waals surface area contributed by atoms with E-state index < -0.39 is 6.04 Å². The van der Waals surface area contributed by atoms with E-state index in [4.69, 9.17) is 11.6 Å². The van der Waals surface area contributed by atoms with Crippen molar-refractivity contribution in [1.82, 2.24) is 5.32 Å². The van der Waals surface area contributed by atoms with Crippen molar-refractivity contribution < 1.29 is 9.59 Å². The van der Waals surface area contributed by atoms with E-state index in [0.29, 0.717) is 10.7 Å². The molecule has 5 heteroatoms. The molecule has 1 heterocycles. The number of benzene rings is 1. The van der Waals surface area contributed by atoms with Gasteiger partial charge in [-0.05, 0) is 30.5 Å². The lowest BCUT2D eigenvalue weighted by Gasteiger charge is -2.35. The Kier molecular flexibility index (Phi) is 4.33. The predicted molar refractivity (Wildman–Crippen MR) is 79.9 cm³/mol. The van der Waals surface area contributed by atoms with Crippen LogP contribution in [0.3, 0.4) is 0 Å². The van der Waals surface area contributed by atoms with E-state index in [0.717, 1.165) is 12.0 Å². The summed E-state index contributed by atoms with van der Waals surface area (Å²) >= 11 is 6.01. The maximum absolute atomic E-state index is 12.6. The van der Waals surface area contributed by atoms with Gasteiger partial charge in [0.25, 0.3) is 0 Å². The second kappa shape index (κ2) is 5.83. The van der Waals surface area contributed by atoms with Crippen LogP contribution in [0, 0.1) is 12.8 Å². The molecule has 1 saturated heterocycles. The molecule has 1 aliphatic rings. The molecule has 4 nitrogen and oxygen atoms in total. The SMILES string of the molecule is CCC(C)C1NC(=O)CN(c2cc(Cl)ccc2C)C1=O. The van der Waals surface area contributed by atoms with E-state index in [1.165, 1.54) is 4.90 Å². The topological polar surface area (TPSA) is 49.4 Å². The minimum atomic E-state index is -0.459. The van der Waals surface area contributed by atoms with Crippen LogP contribution in [0.15, 0.2) is 18.2 Å². The molecule has 0 aromatic heterocycles. The molecule has 1 fully saturated rings. The van der Waals surface area contributed by atoms with Crippen molar-refractivity contribution in [3.05, 3.63) is 28.8 Å². The molecular weight excluding hydrogens is 276 g/mol. The van der Waals surface area contributed by atoms with Crippen LogP contribution in [0.1, 0.15) is 25.8 Å². The molecule has 0 radical (unpaired) electrons. The van der Waals surface area contributed by atoms with Gasteiger partial charge in [-0.15, -0.1) is 0 Å². The number of halogens is 1. The summed E-state index contributed by atoms with van der Waals surface area (Å²) in [5.74, 6) is -0.0904. The van der Waals surface area contributed by atoms with E-state index in [-0.39, 0.29) is 24.3 Å². The van der Waals surface area contributed by atoms with Crippen LogP contribution in [0.25, 0.3) is 0 Å². The smallest absolute Gasteiger partial charge is 0.250 e. The van der Waals surface area contributed by atoms with Crippen molar-refractivity contribution in [2.75, 3.05) is 11.4 Å². The number of carbonyl (C=O) groups excluding carboxylic acids is 2. The Morgan fingerprint density at radius 1 is 1.45 bits per heavy atom. The van der Waals surface area contributed by atoms with E-state index in [1.807, 2.05) is 26.8 Å². The third-order valence-electron chi connectivity index (χ3n) is 3.83. The van der Waals surface area contributed by atoms with Crippen LogP contribution in [0.5, 0.6) is 0 Å². The molecule has 1 aromatic rings. The Bertz CT molecular complexity index is 545. The van der Waals surface area contributed by atoms with Crippen molar-refractivity contribution in [2.24, 2.45) is 5.92 Å². The average Bonchev–Trinajstić information content (AvgIpc) is 2.43. The molecule has 20 heavy (non-hydrogen) atoms. The summed E-state index contributed by atoms with van der Waals surface area (Å²) in [4.78, 5) is 26.0. The highest BCUT2D eigenvalue weighted by Crippen LogP contribution is 2.27. The zero-order valence-corrected chi connectivity index (χ0v) is 12.7. The number of anilines is 1. The van der Waals surface area contributed by atoms with Gasteiger partial charge in [-0.2, -0.15) is 0 Å². The Morgan fingerprint density at radius 2 is 2.15 bits per heavy atom. The number of carbonyl (C=O) groups is 2. The third-order valence-corrected chi connectivity index (χ3v) is 4.06. The van der Waals surface area contributed by atoms with Gasteiger partial charge in [-0.25, -0.2) is 0 Å². The van der Waals surface area contributed by atoms with Gasteiger partial charge in [-0.3, -0.25) is 9.59 Å². The number of nitrogens with one attached hydrogen (secondary N) is 1.